The summed E-state index contributed by atoms with van der Waals surface area (Å²) in [7, 11) is -2.29. The van der Waals surface area contributed by atoms with Gasteiger partial charge in [-0.1, -0.05) is 11.6 Å². The Morgan fingerprint density at radius 3 is 2.60 bits per heavy atom. The molecule has 0 saturated carbocycles. The number of methoxy groups -OCH3 is 1. The highest BCUT2D eigenvalue weighted by molar-refractivity contribution is 7.92. The molecule has 1 aromatic heterocycles. The van der Waals surface area contributed by atoms with Gasteiger partial charge in [0.1, 0.15) is 11.6 Å². The van der Waals surface area contributed by atoms with Crippen molar-refractivity contribution in [3.05, 3.63) is 41.6 Å². The van der Waals surface area contributed by atoms with E-state index in [9.17, 15) is 8.42 Å². The highest BCUT2D eigenvalue weighted by atomic mass is 35.5. The maximum Gasteiger partial charge on any atom is 0.261 e. The molecule has 2 aromatic rings. The third kappa shape index (κ3) is 3.12. The number of pyridine rings is 1. The molecule has 0 saturated heterocycles. The van der Waals surface area contributed by atoms with E-state index in [0.717, 1.165) is 0 Å². The van der Waals surface area contributed by atoms with Gasteiger partial charge in [0.25, 0.3) is 10.0 Å². The molecule has 0 aliphatic carbocycles. The Kier molecular flexibility index (Phi) is 4.01. The second-order valence-corrected chi connectivity index (χ2v) is 5.96. The second-order valence-electron chi connectivity index (χ2n) is 3.87. The molecule has 0 amide bonds. The lowest BCUT2D eigenvalue weighted by Gasteiger charge is -2.09. The molecule has 6 nitrogen and oxygen atoms in total. The van der Waals surface area contributed by atoms with Crippen molar-refractivity contribution in [3.63, 3.8) is 0 Å². The van der Waals surface area contributed by atoms with Crippen molar-refractivity contribution in [1.29, 1.82) is 0 Å². The summed E-state index contributed by atoms with van der Waals surface area (Å²) in [5, 5.41) is 0.214. The van der Waals surface area contributed by atoms with Crippen LogP contribution in [0.5, 0.6) is 5.75 Å². The summed E-state index contributed by atoms with van der Waals surface area (Å²) in [6.07, 6.45) is 1.33. The molecule has 0 spiro atoms. The van der Waals surface area contributed by atoms with Crippen molar-refractivity contribution in [2.24, 2.45) is 0 Å². The minimum Gasteiger partial charge on any atom is -0.495 e. The zero-order valence-electron chi connectivity index (χ0n) is 10.5. The van der Waals surface area contributed by atoms with E-state index in [4.69, 9.17) is 22.1 Å². The number of benzene rings is 1. The van der Waals surface area contributed by atoms with Crippen LogP contribution in [0.2, 0.25) is 5.02 Å². The highest BCUT2D eigenvalue weighted by Crippen LogP contribution is 2.27. The monoisotopic (exact) mass is 313 g/mol. The van der Waals surface area contributed by atoms with E-state index in [2.05, 4.69) is 9.71 Å². The van der Waals surface area contributed by atoms with Gasteiger partial charge in [0.05, 0.1) is 28.9 Å². The molecular formula is C12H12ClN3O3S. The zero-order chi connectivity index (χ0) is 14.8. The number of nitrogen functional groups attached to an aromatic ring is 1. The number of nitrogens with zero attached hydrogens (tertiary/aromatic N) is 1. The van der Waals surface area contributed by atoms with Crippen molar-refractivity contribution in [2.75, 3.05) is 17.6 Å². The van der Waals surface area contributed by atoms with Gasteiger partial charge < -0.3 is 10.5 Å². The summed E-state index contributed by atoms with van der Waals surface area (Å²) in [5.74, 6) is 0.709. The Morgan fingerprint density at radius 2 is 2.05 bits per heavy atom. The van der Waals surface area contributed by atoms with Crippen molar-refractivity contribution < 1.29 is 13.2 Å². The molecule has 0 atom stereocenters. The molecule has 20 heavy (non-hydrogen) atoms. The van der Waals surface area contributed by atoms with E-state index < -0.39 is 10.0 Å². The Morgan fingerprint density at radius 1 is 1.30 bits per heavy atom. The molecule has 2 rings (SSSR count). The first kappa shape index (κ1) is 14.4. The fourth-order valence-corrected chi connectivity index (χ4v) is 2.89. The third-order valence-corrected chi connectivity index (χ3v) is 4.15. The third-order valence-electron chi connectivity index (χ3n) is 2.47. The fraction of sp³-hybridized carbons (Fsp3) is 0.0833. The maximum atomic E-state index is 12.2. The number of ether oxygens (including phenoxy) is 1. The van der Waals surface area contributed by atoms with Crippen molar-refractivity contribution >= 4 is 33.1 Å². The number of rotatable bonds is 4. The highest BCUT2D eigenvalue weighted by Gasteiger charge is 2.16. The molecule has 1 aromatic carbocycles. The lowest BCUT2D eigenvalue weighted by molar-refractivity contribution is 0.414. The van der Waals surface area contributed by atoms with Crippen LogP contribution in [0.15, 0.2) is 41.4 Å². The van der Waals surface area contributed by atoms with Crippen molar-refractivity contribution in [3.8, 4) is 5.75 Å². The number of aromatic nitrogens is 1. The lowest BCUT2D eigenvalue weighted by Crippen LogP contribution is -2.13. The summed E-state index contributed by atoms with van der Waals surface area (Å²) in [6.45, 7) is 0. The SMILES string of the molecule is COc1ccc(S(=O)(=O)Nc2ccc(N)nc2)cc1Cl. The number of hydrogen-bond donors (Lipinski definition) is 2. The smallest absolute Gasteiger partial charge is 0.261 e. The summed E-state index contributed by atoms with van der Waals surface area (Å²) in [4.78, 5) is 3.83. The normalized spacial score (nSPS) is 11.1. The van der Waals surface area contributed by atoms with Gasteiger partial charge in [0.2, 0.25) is 0 Å². The number of nitrogens with one attached hydrogen (secondary N) is 1. The van der Waals surface area contributed by atoms with Crippen LogP contribution in [0.3, 0.4) is 0 Å². The Labute approximate surface area is 121 Å². The molecule has 0 fully saturated rings. The number of hydrogen-bond acceptors (Lipinski definition) is 5. The average Bonchev–Trinajstić information content (AvgIpc) is 2.41. The van der Waals surface area contributed by atoms with Gasteiger partial charge in [-0.25, -0.2) is 13.4 Å². The predicted octanol–water partition coefficient (Wildman–Crippen LogP) is 2.13. The second kappa shape index (κ2) is 5.56. The van der Waals surface area contributed by atoms with E-state index in [1.54, 1.807) is 0 Å². The van der Waals surface area contributed by atoms with Crippen LogP contribution in [0, 0.1) is 0 Å². The van der Waals surface area contributed by atoms with Gasteiger partial charge in [0, 0.05) is 0 Å². The minimum atomic E-state index is -3.74. The Balaban J connectivity index is 2.30. The van der Waals surface area contributed by atoms with E-state index in [0.29, 0.717) is 17.3 Å². The molecule has 3 N–H and O–H groups in total. The van der Waals surface area contributed by atoms with Crippen LogP contribution in [-0.4, -0.2) is 20.5 Å². The van der Waals surface area contributed by atoms with Crippen LogP contribution in [-0.2, 0) is 10.0 Å². The summed E-state index contributed by atoms with van der Waals surface area (Å²) >= 11 is 5.91. The largest absolute Gasteiger partial charge is 0.495 e. The summed E-state index contributed by atoms with van der Waals surface area (Å²) in [6, 6.07) is 7.22. The first-order valence-corrected chi connectivity index (χ1v) is 7.36. The number of anilines is 2. The quantitative estimate of drug-likeness (QED) is 0.901. The fourth-order valence-electron chi connectivity index (χ4n) is 1.49. The number of sulfonamides is 1. The van der Waals surface area contributed by atoms with Gasteiger partial charge in [-0.15, -0.1) is 0 Å². The van der Waals surface area contributed by atoms with E-state index in [1.165, 1.54) is 43.6 Å². The lowest BCUT2D eigenvalue weighted by atomic mass is 10.3. The Bertz CT molecular complexity index is 717. The van der Waals surface area contributed by atoms with Crippen LogP contribution in [0.25, 0.3) is 0 Å². The molecule has 1 heterocycles. The molecule has 8 heteroatoms. The van der Waals surface area contributed by atoms with Crippen LogP contribution < -0.4 is 15.2 Å². The van der Waals surface area contributed by atoms with Crippen LogP contribution in [0.4, 0.5) is 11.5 Å². The van der Waals surface area contributed by atoms with Gasteiger partial charge in [0.15, 0.2) is 0 Å². The molecule has 106 valence electrons. The topological polar surface area (TPSA) is 94.3 Å². The molecule has 0 radical (unpaired) electrons. The van der Waals surface area contributed by atoms with Gasteiger partial charge >= 0.3 is 0 Å². The first-order valence-electron chi connectivity index (χ1n) is 5.50. The molecule has 0 aliphatic heterocycles. The van der Waals surface area contributed by atoms with Gasteiger partial charge in [-0.3, -0.25) is 4.72 Å². The van der Waals surface area contributed by atoms with Gasteiger partial charge in [-0.05, 0) is 30.3 Å². The maximum absolute atomic E-state index is 12.2. The van der Waals surface area contributed by atoms with Crippen molar-refractivity contribution in [1.82, 2.24) is 4.98 Å². The van der Waals surface area contributed by atoms with E-state index in [-0.39, 0.29) is 9.92 Å². The molecule has 0 bridgehead atoms. The van der Waals surface area contributed by atoms with Gasteiger partial charge in [-0.2, -0.15) is 0 Å². The average molecular weight is 314 g/mol. The summed E-state index contributed by atoms with van der Waals surface area (Å²) < 4.78 is 31.7. The number of halogens is 1. The minimum absolute atomic E-state index is 0.0279. The van der Waals surface area contributed by atoms with E-state index in [1.807, 2.05) is 0 Å². The summed E-state index contributed by atoms with van der Waals surface area (Å²) in [5.41, 5.74) is 5.74. The Hall–Kier alpha value is -1.99. The standard InChI is InChI=1S/C12H12ClN3O3S/c1-19-11-4-3-9(6-10(11)13)20(17,18)16-8-2-5-12(14)15-7-8/h2-7,16H,1H3,(H2,14,15). The van der Waals surface area contributed by atoms with Crippen LogP contribution in [0.1, 0.15) is 0 Å². The van der Waals surface area contributed by atoms with Crippen LogP contribution >= 0.6 is 11.6 Å². The van der Waals surface area contributed by atoms with E-state index >= 15 is 0 Å². The molecule has 0 unspecified atom stereocenters. The van der Waals surface area contributed by atoms with Crippen molar-refractivity contribution in [2.45, 2.75) is 4.90 Å². The predicted molar refractivity (Wildman–Crippen MR) is 77.5 cm³/mol. The molecule has 0 aliphatic rings. The zero-order valence-corrected chi connectivity index (χ0v) is 12.1. The first-order chi connectivity index (χ1) is 9.42. The number of nitrogens with two attached hydrogens (primary N) is 1. The molecular weight excluding hydrogens is 302 g/mol.